The fourth-order valence-electron chi connectivity index (χ4n) is 2.33. The number of anilines is 1. The summed E-state index contributed by atoms with van der Waals surface area (Å²) in [5, 5.41) is 11.3. The molecule has 0 aliphatic rings. The second kappa shape index (κ2) is 5.86. The van der Waals surface area contributed by atoms with Gasteiger partial charge >= 0.3 is 0 Å². The number of phenols is 1. The van der Waals surface area contributed by atoms with Crippen LogP contribution in [0.1, 0.15) is 5.56 Å². The standard InChI is InChI=1S/C17H14BrNO3S/c1-11-6-8-12(9-7-11)23(21,22)19-16-10-15(18)17(20)14-5-3-2-4-13(14)16/h2-10,19-20H,1H3. The minimum atomic E-state index is -3.70. The van der Waals surface area contributed by atoms with Crippen molar-refractivity contribution >= 4 is 42.4 Å². The van der Waals surface area contributed by atoms with E-state index in [0.29, 0.717) is 20.9 Å². The average molecular weight is 392 g/mol. The predicted octanol–water partition coefficient (Wildman–Crippen LogP) is 4.42. The van der Waals surface area contributed by atoms with E-state index in [1.165, 1.54) is 0 Å². The van der Waals surface area contributed by atoms with Crippen molar-refractivity contribution in [1.29, 1.82) is 0 Å². The molecule has 3 rings (SSSR count). The summed E-state index contributed by atoms with van der Waals surface area (Å²) >= 11 is 3.26. The molecule has 0 aliphatic carbocycles. The summed E-state index contributed by atoms with van der Waals surface area (Å²) in [4.78, 5) is 0.191. The number of aromatic hydroxyl groups is 1. The molecule has 0 fully saturated rings. The second-order valence-corrected chi connectivity index (χ2v) is 7.76. The van der Waals surface area contributed by atoms with Crippen LogP contribution in [0, 0.1) is 6.92 Å². The SMILES string of the molecule is Cc1ccc(S(=O)(=O)Nc2cc(Br)c(O)c3ccccc23)cc1. The zero-order chi connectivity index (χ0) is 16.6. The molecule has 118 valence electrons. The van der Waals surface area contributed by atoms with Crippen molar-refractivity contribution in [2.24, 2.45) is 0 Å². The van der Waals surface area contributed by atoms with Crippen LogP contribution in [-0.4, -0.2) is 13.5 Å². The van der Waals surface area contributed by atoms with Gasteiger partial charge in [0.25, 0.3) is 10.0 Å². The minimum Gasteiger partial charge on any atom is -0.506 e. The van der Waals surface area contributed by atoms with Crippen molar-refractivity contribution in [3.63, 3.8) is 0 Å². The molecule has 0 aromatic heterocycles. The van der Waals surface area contributed by atoms with E-state index in [1.807, 2.05) is 6.92 Å². The lowest BCUT2D eigenvalue weighted by Crippen LogP contribution is -2.13. The fraction of sp³-hybridized carbons (Fsp3) is 0.0588. The summed E-state index contributed by atoms with van der Waals surface area (Å²) in [5.74, 6) is 0.0823. The molecule has 0 saturated carbocycles. The lowest BCUT2D eigenvalue weighted by atomic mass is 10.1. The first-order chi connectivity index (χ1) is 10.9. The van der Waals surface area contributed by atoms with Crippen molar-refractivity contribution < 1.29 is 13.5 Å². The van der Waals surface area contributed by atoms with Crippen LogP contribution in [0.4, 0.5) is 5.69 Å². The number of hydrogen-bond acceptors (Lipinski definition) is 3. The Hall–Kier alpha value is -2.05. The Kier molecular flexibility index (Phi) is 4.04. The Morgan fingerprint density at radius 1 is 1.00 bits per heavy atom. The minimum absolute atomic E-state index is 0.0823. The van der Waals surface area contributed by atoms with E-state index >= 15 is 0 Å². The highest BCUT2D eigenvalue weighted by Gasteiger charge is 2.17. The summed E-state index contributed by atoms with van der Waals surface area (Å²) in [7, 11) is -3.70. The number of sulfonamides is 1. The van der Waals surface area contributed by atoms with Gasteiger partial charge in [0.05, 0.1) is 15.1 Å². The molecule has 0 radical (unpaired) electrons. The van der Waals surface area contributed by atoms with E-state index < -0.39 is 10.0 Å². The van der Waals surface area contributed by atoms with Gasteiger partial charge in [0.2, 0.25) is 0 Å². The van der Waals surface area contributed by atoms with Crippen molar-refractivity contribution in [2.75, 3.05) is 4.72 Å². The zero-order valence-corrected chi connectivity index (χ0v) is 14.6. The molecule has 23 heavy (non-hydrogen) atoms. The smallest absolute Gasteiger partial charge is 0.261 e. The van der Waals surface area contributed by atoms with Gasteiger partial charge in [-0.3, -0.25) is 4.72 Å². The third kappa shape index (κ3) is 3.04. The molecule has 0 unspecified atom stereocenters. The third-order valence-corrected chi connectivity index (χ3v) is 5.53. The Morgan fingerprint density at radius 3 is 2.26 bits per heavy atom. The molecule has 0 heterocycles. The summed E-state index contributed by atoms with van der Waals surface area (Å²) in [5.41, 5.74) is 1.40. The highest BCUT2D eigenvalue weighted by atomic mass is 79.9. The van der Waals surface area contributed by atoms with Crippen LogP contribution in [-0.2, 0) is 10.0 Å². The van der Waals surface area contributed by atoms with Crippen LogP contribution in [0.25, 0.3) is 10.8 Å². The largest absolute Gasteiger partial charge is 0.506 e. The molecule has 0 aliphatic heterocycles. The number of fused-ring (bicyclic) bond motifs is 1. The highest BCUT2D eigenvalue weighted by Crippen LogP contribution is 2.38. The molecule has 3 aromatic rings. The van der Waals surface area contributed by atoms with E-state index in [-0.39, 0.29) is 10.6 Å². The fourth-order valence-corrected chi connectivity index (χ4v) is 3.84. The molecular weight excluding hydrogens is 378 g/mol. The van der Waals surface area contributed by atoms with Gasteiger partial charge in [-0.05, 0) is 41.1 Å². The van der Waals surface area contributed by atoms with Crippen LogP contribution in [0.5, 0.6) is 5.75 Å². The molecule has 2 N–H and O–H groups in total. The molecule has 0 bridgehead atoms. The average Bonchev–Trinajstić information content (AvgIpc) is 2.52. The molecule has 3 aromatic carbocycles. The van der Waals surface area contributed by atoms with Crippen LogP contribution in [0.2, 0.25) is 0 Å². The summed E-state index contributed by atoms with van der Waals surface area (Å²) < 4.78 is 28.2. The van der Waals surface area contributed by atoms with Crippen molar-refractivity contribution in [2.45, 2.75) is 11.8 Å². The van der Waals surface area contributed by atoms with Crippen molar-refractivity contribution in [1.82, 2.24) is 0 Å². The van der Waals surface area contributed by atoms with E-state index in [9.17, 15) is 13.5 Å². The highest BCUT2D eigenvalue weighted by molar-refractivity contribution is 9.10. The lowest BCUT2D eigenvalue weighted by molar-refractivity contribution is 0.478. The van der Waals surface area contributed by atoms with E-state index in [2.05, 4.69) is 20.7 Å². The lowest BCUT2D eigenvalue weighted by Gasteiger charge is -2.13. The maximum Gasteiger partial charge on any atom is 0.261 e. The molecule has 0 spiro atoms. The molecule has 0 atom stereocenters. The Labute approximate surface area is 143 Å². The van der Waals surface area contributed by atoms with Crippen molar-refractivity contribution in [3.05, 3.63) is 64.6 Å². The first-order valence-electron chi connectivity index (χ1n) is 6.88. The Morgan fingerprint density at radius 2 is 1.61 bits per heavy atom. The first-order valence-corrected chi connectivity index (χ1v) is 9.16. The molecule has 0 saturated heterocycles. The van der Waals surface area contributed by atoms with Gasteiger partial charge in [-0.2, -0.15) is 0 Å². The van der Waals surface area contributed by atoms with Crippen LogP contribution in [0.15, 0.2) is 64.0 Å². The normalized spacial score (nSPS) is 11.6. The summed E-state index contributed by atoms with van der Waals surface area (Å²) in [6.45, 7) is 1.90. The number of benzene rings is 3. The van der Waals surface area contributed by atoms with Gasteiger partial charge in [0.1, 0.15) is 5.75 Å². The number of phenolic OH excluding ortho intramolecular Hbond substituents is 1. The van der Waals surface area contributed by atoms with Crippen LogP contribution >= 0.6 is 15.9 Å². The number of rotatable bonds is 3. The van der Waals surface area contributed by atoms with Gasteiger partial charge in [0.15, 0.2) is 0 Å². The van der Waals surface area contributed by atoms with Gasteiger partial charge in [-0.25, -0.2) is 8.42 Å². The van der Waals surface area contributed by atoms with E-state index in [4.69, 9.17) is 0 Å². The number of halogens is 1. The summed E-state index contributed by atoms with van der Waals surface area (Å²) in [6.07, 6.45) is 0. The first kappa shape index (κ1) is 15.8. The molecule has 0 amide bonds. The quantitative estimate of drug-likeness (QED) is 0.649. The summed E-state index contributed by atoms with van der Waals surface area (Å²) in [6, 6.07) is 15.3. The van der Waals surface area contributed by atoms with Gasteiger partial charge in [-0.1, -0.05) is 42.0 Å². The van der Waals surface area contributed by atoms with Gasteiger partial charge < -0.3 is 5.11 Å². The Balaban J connectivity index is 2.11. The van der Waals surface area contributed by atoms with Crippen molar-refractivity contribution in [3.8, 4) is 5.75 Å². The monoisotopic (exact) mass is 391 g/mol. The number of hydrogen-bond donors (Lipinski definition) is 2. The number of aryl methyl sites for hydroxylation is 1. The maximum absolute atomic E-state index is 12.6. The second-order valence-electron chi connectivity index (χ2n) is 5.22. The third-order valence-electron chi connectivity index (χ3n) is 3.55. The predicted molar refractivity (Wildman–Crippen MR) is 95.3 cm³/mol. The Bertz CT molecular complexity index is 983. The van der Waals surface area contributed by atoms with Gasteiger partial charge in [-0.15, -0.1) is 0 Å². The van der Waals surface area contributed by atoms with Crippen LogP contribution < -0.4 is 4.72 Å². The molecule has 4 nitrogen and oxygen atoms in total. The number of nitrogens with one attached hydrogen (secondary N) is 1. The topological polar surface area (TPSA) is 66.4 Å². The molecular formula is C17H14BrNO3S. The van der Waals surface area contributed by atoms with Gasteiger partial charge in [0, 0.05) is 10.8 Å². The van der Waals surface area contributed by atoms with E-state index in [0.717, 1.165) is 5.56 Å². The maximum atomic E-state index is 12.6. The van der Waals surface area contributed by atoms with Crippen LogP contribution in [0.3, 0.4) is 0 Å². The van der Waals surface area contributed by atoms with E-state index in [1.54, 1.807) is 54.6 Å². The zero-order valence-electron chi connectivity index (χ0n) is 12.2. The molecule has 6 heteroatoms.